The lowest BCUT2D eigenvalue weighted by atomic mass is 10.1. The molecule has 0 saturated carbocycles. The smallest absolute Gasteiger partial charge is 0.191 e. The van der Waals surface area contributed by atoms with E-state index in [0.717, 1.165) is 23.3 Å². The van der Waals surface area contributed by atoms with Crippen molar-refractivity contribution >= 4 is 39.8 Å². The molecule has 0 heterocycles. The fourth-order valence-electron chi connectivity index (χ4n) is 2.67. The first kappa shape index (κ1) is 28.0. The molecule has 0 aromatic heterocycles. The quantitative estimate of drug-likeness (QED) is 0.283. The number of rotatable bonds is 9. The summed E-state index contributed by atoms with van der Waals surface area (Å²) in [7, 11) is -1.51. The molecule has 2 N–H and O–H groups in total. The molecule has 0 aliphatic heterocycles. The van der Waals surface area contributed by atoms with Crippen molar-refractivity contribution in [2.24, 2.45) is 10.9 Å². The van der Waals surface area contributed by atoms with E-state index in [1.807, 2.05) is 13.0 Å². The van der Waals surface area contributed by atoms with E-state index in [9.17, 15) is 8.42 Å². The molecule has 8 heteroatoms. The molecule has 0 fully saturated rings. The van der Waals surface area contributed by atoms with Gasteiger partial charge in [-0.1, -0.05) is 26.0 Å². The zero-order valence-electron chi connectivity index (χ0n) is 19.0. The molecule has 1 rings (SSSR count). The third-order valence-corrected chi connectivity index (χ3v) is 6.86. The van der Waals surface area contributed by atoms with Crippen molar-refractivity contribution < 1.29 is 13.2 Å². The van der Waals surface area contributed by atoms with Gasteiger partial charge in [-0.05, 0) is 51.7 Å². The minimum atomic E-state index is -3.17. The first-order valence-electron chi connectivity index (χ1n) is 9.76. The van der Waals surface area contributed by atoms with Crippen LogP contribution in [0.15, 0.2) is 23.2 Å². The van der Waals surface area contributed by atoms with Crippen LogP contribution in [-0.2, 0) is 16.4 Å². The maximum Gasteiger partial charge on any atom is 0.191 e. The van der Waals surface area contributed by atoms with Gasteiger partial charge in [0.25, 0.3) is 0 Å². The molecular formula is C21H38IN3O3S. The van der Waals surface area contributed by atoms with Crippen molar-refractivity contribution in [3.63, 3.8) is 0 Å². The largest absolute Gasteiger partial charge is 0.490 e. The maximum absolute atomic E-state index is 11.9. The number of benzene rings is 1. The van der Waals surface area contributed by atoms with Crippen LogP contribution in [0.1, 0.15) is 52.2 Å². The summed E-state index contributed by atoms with van der Waals surface area (Å²) in [5.41, 5.74) is 2.18. The summed E-state index contributed by atoms with van der Waals surface area (Å²) < 4.78 is 29.0. The van der Waals surface area contributed by atoms with E-state index in [1.54, 1.807) is 20.9 Å². The Bertz CT molecular complexity index is 777. The molecule has 0 bridgehead atoms. The van der Waals surface area contributed by atoms with Crippen molar-refractivity contribution in [3.8, 4) is 5.75 Å². The van der Waals surface area contributed by atoms with Gasteiger partial charge < -0.3 is 15.4 Å². The second-order valence-corrected chi connectivity index (χ2v) is 11.1. The molecular weight excluding hydrogens is 501 g/mol. The number of aryl methyl sites for hydroxylation is 1. The Morgan fingerprint density at radius 2 is 1.83 bits per heavy atom. The van der Waals surface area contributed by atoms with Gasteiger partial charge in [-0.15, -0.1) is 24.0 Å². The maximum atomic E-state index is 11.9. The average Bonchev–Trinajstić information content (AvgIpc) is 2.54. The van der Waals surface area contributed by atoms with E-state index in [-0.39, 0.29) is 36.6 Å². The van der Waals surface area contributed by atoms with Gasteiger partial charge in [0.15, 0.2) is 15.8 Å². The summed E-state index contributed by atoms with van der Waals surface area (Å²) in [6, 6.07) is 6.16. The van der Waals surface area contributed by atoms with Gasteiger partial charge in [-0.2, -0.15) is 0 Å². The summed E-state index contributed by atoms with van der Waals surface area (Å²) in [5, 5.41) is 6.35. The number of nitrogens with zero attached hydrogens (tertiary/aromatic N) is 1. The second-order valence-electron chi connectivity index (χ2n) is 8.48. The standard InChI is InChI=1S/C21H37N3O3S.HI/c1-15(2)11-17(4)27-19-12-16(3)9-10-18(19)13-23-20(22-7)24-14-21(5,6)28(8,25)26;/h9-10,12,15,17H,11,13-14H2,1-8H3,(H2,22,23,24);1H. The van der Waals surface area contributed by atoms with Crippen LogP contribution in [0.4, 0.5) is 0 Å². The Balaban J connectivity index is 0.00000784. The first-order chi connectivity index (χ1) is 12.9. The van der Waals surface area contributed by atoms with Crippen LogP contribution in [0.3, 0.4) is 0 Å². The van der Waals surface area contributed by atoms with Gasteiger partial charge >= 0.3 is 0 Å². The molecule has 0 aliphatic carbocycles. The molecule has 0 radical (unpaired) electrons. The topological polar surface area (TPSA) is 79.8 Å². The molecule has 1 aromatic carbocycles. The Kier molecular flexibility index (Phi) is 11.6. The van der Waals surface area contributed by atoms with Gasteiger partial charge in [0.1, 0.15) is 5.75 Å². The lowest BCUT2D eigenvalue weighted by Gasteiger charge is -2.24. The number of hydrogen-bond donors (Lipinski definition) is 2. The van der Waals surface area contributed by atoms with Gasteiger partial charge in [0.05, 0.1) is 10.9 Å². The molecule has 0 spiro atoms. The lowest BCUT2D eigenvalue weighted by molar-refractivity contribution is 0.191. The highest BCUT2D eigenvalue weighted by Crippen LogP contribution is 2.23. The molecule has 0 amide bonds. The van der Waals surface area contributed by atoms with Crippen LogP contribution in [0.25, 0.3) is 0 Å². The summed E-state index contributed by atoms with van der Waals surface area (Å²) in [6.07, 6.45) is 2.37. The van der Waals surface area contributed by atoms with Crippen LogP contribution in [-0.4, -0.2) is 45.1 Å². The average molecular weight is 540 g/mol. The Hall–Kier alpha value is -1.03. The summed E-state index contributed by atoms with van der Waals surface area (Å²) in [4.78, 5) is 4.19. The Labute approximate surface area is 194 Å². The number of guanidine groups is 1. The Morgan fingerprint density at radius 1 is 1.21 bits per heavy atom. The van der Waals surface area contributed by atoms with E-state index in [4.69, 9.17) is 4.74 Å². The van der Waals surface area contributed by atoms with Gasteiger partial charge in [-0.3, -0.25) is 4.99 Å². The van der Waals surface area contributed by atoms with Crippen LogP contribution < -0.4 is 15.4 Å². The van der Waals surface area contributed by atoms with Gasteiger partial charge in [0.2, 0.25) is 0 Å². The molecule has 168 valence electrons. The fourth-order valence-corrected chi connectivity index (χ4v) is 3.01. The SMILES string of the molecule is CN=C(NCc1ccc(C)cc1OC(C)CC(C)C)NCC(C)(C)S(C)(=O)=O.I. The van der Waals surface area contributed by atoms with Crippen molar-refractivity contribution in [1.82, 2.24) is 10.6 Å². The number of ether oxygens (including phenoxy) is 1. The summed E-state index contributed by atoms with van der Waals surface area (Å²) in [5.74, 6) is 1.99. The molecule has 1 unspecified atom stereocenters. The number of hydrogen-bond acceptors (Lipinski definition) is 4. The first-order valence-corrected chi connectivity index (χ1v) is 11.6. The van der Waals surface area contributed by atoms with Crippen molar-refractivity contribution in [1.29, 1.82) is 0 Å². The van der Waals surface area contributed by atoms with Crippen molar-refractivity contribution in [3.05, 3.63) is 29.3 Å². The zero-order valence-corrected chi connectivity index (χ0v) is 22.1. The molecule has 1 aromatic rings. The van der Waals surface area contributed by atoms with Crippen LogP contribution in [0, 0.1) is 12.8 Å². The van der Waals surface area contributed by atoms with Gasteiger partial charge in [0, 0.05) is 32.0 Å². The normalized spacial score (nSPS) is 13.6. The number of sulfone groups is 1. The zero-order chi connectivity index (χ0) is 21.5. The number of aliphatic imine (C=N–C) groups is 1. The third-order valence-electron chi connectivity index (χ3n) is 4.71. The van der Waals surface area contributed by atoms with Crippen LogP contribution in [0.5, 0.6) is 5.75 Å². The second kappa shape index (κ2) is 12.0. The predicted molar refractivity (Wildman–Crippen MR) is 133 cm³/mol. The highest BCUT2D eigenvalue weighted by Gasteiger charge is 2.30. The van der Waals surface area contributed by atoms with E-state index in [2.05, 4.69) is 48.5 Å². The fraction of sp³-hybridized carbons (Fsp3) is 0.667. The summed E-state index contributed by atoms with van der Waals surface area (Å²) in [6.45, 7) is 12.7. The van der Waals surface area contributed by atoms with E-state index in [1.165, 1.54) is 6.26 Å². The number of halogens is 1. The highest BCUT2D eigenvalue weighted by molar-refractivity contribution is 14.0. The van der Waals surface area contributed by atoms with Gasteiger partial charge in [-0.25, -0.2) is 8.42 Å². The minimum absolute atomic E-state index is 0. The van der Waals surface area contributed by atoms with Crippen LogP contribution in [0.2, 0.25) is 0 Å². The van der Waals surface area contributed by atoms with Crippen molar-refractivity contribution in [2.75, 3.05) is 19.8 Å². The summed E-state index contributed by atoms with van der Waals surface area (Å²) >= 11 is 0. The molecule has 1 atom stereocenters. The predicted octanol–water partition coefficient (Wildman–Crippen LogP) is 3.91. The monoisotopic (exact) mass is 539 g/mol. The van der Waals surface area contributed by atoms with E-state index < -0.39 is 14.6 Å². The molecule has 0 aliphatic rings. The molecule has 6 nitrogen and oxygen atoms in total. The number of nitrogens with one attached hydrogen (secondary N) is 2. The van der Waals surface area contributed by atoms with E-state index >= 15 is 0 Å². The lowest BCUT2D eigenvalue weighted by Crippen LogP contribution is -2.47. The molecule has 0 saturated heterocycles. The Morgan fingerprint density at radius 3 is 2.34 bits per heavy atom. The minimum Gasteiger partial charge on any atom is -0.490 e. The molecule has 29 heavy (non-hydrogen) atoms. The van der Waals surface area contributed by atoms with Crippen molar-refractivity contribution in [2.45, 2.75) is 65.4 Å². The van der Waals surface area contributed by atoms with Crippen LogP contribution >= 0.6 is 24.0 Å². The van der Waals surface area contributed by atoms with E-state index in [0.29, 0.717) is 18.4 Å². The highest BCUT2D eigenvalue weighted by atomic mass is 127. The third kappa shape index (κ3) is 9.55.